The highest BCUT2D eigenvalue weighted by molar-refractivity contribution is 5.99. The maximum Gasteiger partial charge on any atom is 0.348 e. The predicted octanol–water partition coefficient (Wildman–Crippen LogP) is 6.07. The average Bonchev–Trinajstić information content (AvgIpc) is 2.83. The van der Waals surface area contributed by atoms with Crippen molar-refractivity contribution < 1.29 is 19.1 Å². The zero-order chi connectivity index (χ0) is 27.9. The Morgan fingerprint density at radius 1 is 0.703 bits per heavy atom. The summed E-state index contributed by atoms with van der Waals surface area (Å²) < 4.78 is 10.1. The number of rotatable bonds is 8. The second-order valence-corrected chi connectivity index (χ2v) is 9.01. The van der Waals surface area contributed by atoms with Crippen LogP contribution in [0.4, 0.5) is 0 Å². The Labute approximate surface area is 219 Å². The minimum atomic E-state index is -0.637. The molecule has 2 aromatic carbocycles. The van der Waals surface area contributed by atoms with E-state index in [1.165, 1.54) is 0 Å². The Balaban J connectivity index is 2.69. The first-order valence-corrected chi connectivity index (χ1v) is 12.3. The first-order chi connectivity index (χ1) is 17.5. The van der Waals surface area contributed by atoms with Crippen molar-refractivity contribution in [3.05, 3.63) is 78.9 Å². The monoisotopic (exact) mass is 498 g/mol. The summed E-state index contributed by atoms with van der Waals surface area (Å²) in [6.07, 6.45) is 3.82. The summed E-state index contributed by atoms with van der Waals surface area (Å²) in [6.45, 7) is 15.8. The molecule has 6 nitrogen and oxygen atoms in total. The number of hydrogen-bond acceptors (Lipinski definition) is 6. The van der Waals surface area contributed by atoms with Gasteiger partial charge in [-0.15, -0.1) is 0 Å². The molecule has 0 saturated heterocycles. The van der Waals surface area contributed by atoms with Crippen LogP contribution in [-0.4, -0.2) is 25.2 Å². The van der Waals surface area contributed by atoms with Crippen LogP contribution in [0.3, 0.4) is 0 Å². The van der Waals surface area contributed by atoms with Crippen molar-refractivity contribution in [3.8, 4) is 12.1 Å². The number of ether oxygens (including phenoxy) is 2. The number of esters is 2. The highest BCUT2D eigenvalue weighted by atomic mass is 16.5. The topological polar surface area (TPSA) is 100 Å². The number of benzene rings is 2. The molecule has 0 saturated carbocycles. The Morgan fingerprint density at radius 3 is 1.35 bits per heavy atom. The van der Waals surface area contributed by atoms with Crippen LogP contribution in [0, 0.1) is 64.2 Å². The zero-order valence-corrected chi connectivity index (χ0v) is 23.0. The molecule has 37 heavy (non-hydrogen) atoms. The minimum absolute atomic E-state index is 0.0408. The highest BCUT2D eigenvalue weighted by Crippen LogP contribution is 2.31. The Kier molecular flexibility index (Phi) is 9.98. The Bertz CT molecular complexity index is 1280. The second kappa shape index (κ2) is 12.7. The van der Waals surface area contributed by atoms with Crippen molar-refractivity contribution in [2.75, 3.05) is 13.2 Å². The summed E-state index contributed by atoms with van der Waals surface area (Å²) >= 11 is 0. The first-order valence-electron chi connectivity index (χ1n) is 12.3. The van der Waals surface area contributed by atoms with Gasteiger partial charge < -0.3 is 9.47 Å². The maximum absolute atomic E-state index is 12.2. The van der Waals surface area contributed by atoms with Crippen LogP contribution in [0.5, 0.6) is 0 Å². The van der Waals surface area contributed by atoms with E-state index in [0.717, 1.165) is 55.6 Å². The van der Waals surface area contributed by atoms with Crippen LogP contribution < -0.4 is 0 Å². The summed E-state index contributed by atoms with van der Waals surface area (Å²) in [5.74, 6) is -1.27. The molecule has 0 aromatic heterocycles. The van der Waals surface area contributed by atoms with Crippen molar-refractivity contribution >= 4 is 24.1 Å². The molecule has 6 heteroatoms. The smallest absolute Gasteiger partial charge is 0.348 e. The lowest BCUT2D eigenvalue weighted by Crippen LogP contribution is -2.09. The largest absolute Gasteiger partial charge is 0.462 e. The fraction of sp³-hybridized carbons (Fsp3) is 0.355. The standard InChI is InChI=1S/C31H34N2O4/c1-9-36-30(34)24(16-32)13-26-18(3)11-20(5)28(22(26)7)15-29-21(6)12-19(4)27(23(29)8)14-25(17-33)31(35)37-10-2/h11-14H,9-10,15H2,1-8H3. The molecule has 0 bridgehead atoms. The van der Waals surface area contributed by atoms with Gasteiger partial charge >= 0.3 is 11.9 Å². The summed E-state index contributed by atoms with van der Waals surface area (Å²) in [4.78, 5) is 24.5. The number of aryl methyl sites for hydroxylation is 4. The predicted molar refractivity (Wildman–Crippen MR) is 145 cm³/mol. The molecular formula is C31H34N2O4. The van der Waals surface area contributed by atoms with Gasteiger partial charge in [-0.1, -0.05) is 12.1 Å². The van der Waals surface area contributed by atoms with Crippen molar-refractivity contribution in [2.45, 2.75) is 61.8 Å². The van der Waals surface area contributed by atoms with Gasteiger partial charge in [0.1, 0.15) is 23.3 Å². The Hall–Kier alpha value is -4.16. The number of carbonyl (C=O) groups excluding carboxylic acids is 2. The minimum Gasteiger partial charge on any atom is -0.462 e. The molecule has 0 N–H and O–H groups in total. The fourth-order valence-electron chi connectivity index (χ4n) is 4.63. The van der Waals surface area contributed by atoms with Crippen LogP contribution in [0.25, 0.3) is 12.2 Å². The highest BCUT2D eigenvalue weighted by Gasteiger charge is 2.18. The van der Waals surface area contributed by atoms with E-state index in [0.29, 0.717) is 6.42 Å². The third-order valence-electron chi connectivity index (χ3n) is 6.54. The average molecular weight is 499 g/mol. The lowest BCUT2D eigenvalue weighted by Gasteiger charge is -2.20. The van der Waals surface area contributed by atoms with Crippen LogP contribution in [0.15, 0.2) is 23.3 Å². The SMILES string of the molecule is CCOC(=O)C(C#N)=Cc1c(C)cc(C)c(Cc2c(C)cc(C)c(C=C(C#N)C(=O)OCC)c2C)c1C. The van der Waals surface area contributed by atoms with Crippen LogP contribution in [0.2, 0.25) is 0 Å². The Morgan fingerprint density at radius 2 is 1.05 bits per heavy atom. The van der Waals surface area contributed by atoms with Gasteiger partial charge in [-0.25, -0.2) is 9.59 Å². The third kappa shape index (κ3) is 6.54. The molecular weight excluding hydrogens is 464 g/mol. The molecule has 0 amide bonds. The molecule has 0 aliphatic rings. The zero-order valence-electron chi connectivity index (χ0n) is 23.0. The van der Waals surface area contributed by atoms with E-state index in [9.17, 15) is 20.1 Å². The molecule has 0 radical (unpaired) electrons. The summed E-state index contributed by atoms with van der Waals surface area (Å²) in [5.41, 5.74) is 9.83. The van der Waals surface area contributed by atoms with Gasteiger partial charge in [0.15, 0.2) is 0 Å². The van der Waals surface area contributed by atoms with E-state index in [2.05, 4.69) is 12.1 Å². The molecule has 0 aliphatic heterocycles. The molecule has 2 aromatic rings. The van der Waals surface area contributed by atoms with E-state index in [4.69, 9.17) is 9.47 Å². The molecule has 0 fully saturated rings. The van der Waals surface area contributed by atoms with Crippen LogP contribution in [-0.2, 0) is 25.5 Å². The molecule has 192 valence electrons. The lowest BCUT2D eigenvalue weighted by molar-refractivity contribution is -0.138. The summed E-state index contributed by atoms with van der Waals surface area (Å²) in [7, 11) is 0. The quantitative estimate of drug-likeness (QED) is 0.249. The number of hydrogen-bond donors (Lipinski definition) is 0. The molecule has 0 heterocycles. The van der Waals surface area contributed by atoms with Gasteiger partial charge in [0, 0.05) is 0 Å². The van der Waals surface area contributed by atoms with E-state index in [-0.39, 0.29) is 24.4 Å². The molecule has 0 spiro atoms. The number of carbonyl (C=O) groups is 2. The van der Waals surface area contributed by atoms with E-state index < -0.39 is 11.9 Å². The van der Waals surface area contributed by atoms with Gasteiger partial charge in [-0.3, -0.25) is 0 Å². The molecule has 0 atom stereocenters. The summed E-state index contributed by atoms with van der Waals surface area (Å²) in [5, 5.41) is 19.1. The van der Waals surface area contributed by atoms with E-state index in [1.807, 2.05) is 53.7 Å². The second-order valence-electron chi connectivity index (χ2n) is 9.01. The maximum atomic E-state index is 12.2. The lowest BCUT2D eigenvalue weighted by atomic mass is 9.84. The number of nitrogens with zero attached hydrogens (tertiary/aromatic N) is 2. The van der Waals surface area contributed by atoms with Gasteiger partial charge in [-0.05, 0) is 130 Å². The van der Waals surface area contributed by atoms with Gasteiger partial charge in [-0.2, -0.15) is 10.5 Å². The molecule has 2 rings (SSSR count). The van der Waals surface area contributed by atoms with Crippen LogP contribution in [0.1, 0.15) is 69.5 Å². The van der Waals surface area contributed by atoms with Gasteiger partial charge in [0.25, 0.3) is 0 Å². The van der Waals surface area contributed by atoms with E-state index >= 15 is 0 Å². The third-order valence-corrected chi connectivity index (χ3v) is 6.54. The van der Waals surface area contributed by atoms with Crippen molar-refractivity contribution in [1.29, 1.82) is 10.5 Å². The van der Waals surface area contributed by atoms with Gasteiger partial charge in [0.05, 0.1) is 13.2 Å². The fourth-order valence-corrected chi connectivity index (χ4v) is 4.63. The van der Waals surface area contributed by atoms with E-state index in [1.54, 1.807) is 26.0 Å². The van der Waals surface area contributed by atoms with Crippen molar-refractivity contribution in [2.24, 2.45) is 0 Å². The molecule has 0 aliphatic carbocycles. The first kappa shape index (κ1) is 29.1. The molecule has 0 unspecified atom stereocenters. The van der Waals surface area contributed by atoms with Crippen molar-refractivity contribution in [1.82, 2.24) is 0 Å². The van der Waals surface area contributed by atoms with Gasteiger partial charge in [0.2, 0.25) is 0 Å². The van der Waals surface area contributed by atoms with Crippen LogP contribution >= 0.6 is 0 Å². The summed E-state index contributed by atoms with van der Waals surface area (Å²) in [6, 6.07) is 8.04. The van der Waals surface area contributed by atoms with Crippen molar-refractivity contribution in [3.63, 3.8) is 0 Å². The number of nitriles is 2. The normalized spacial score (nSPS) is 11.5.